The fourth-order valence-electron chi connectivity index (χ4n) is 1.66. The van der Waals surface area contributed by atoms with E-state index < -0.39 is 0 Å². The molecule has 3 heteroatoms. The first-order chi connectivity index (χ1) is 7.20. The van der Waals surface area contributed by atoms with Crippen molar-refractivity contribution in [1.29, 1.82) is 0 Å². The number of alkyl halides is 1. The van der Waals surface area contributed by atoms with Gasteiger partial charge in [-0.25, -0.2) is 0 Å². The van der Waals surface area contributed by atoms with Gasteiger partial charge in [0.2, 0.25) is 0 Å². The lowest BCUT2D eigenvalue weighted by molar-refractivity contribution is 0.414. The summed E-state index contributed by atoms with van der Waals surface area (Å²) in [6.45, 7) is 0. The highest BCUT2D eigenvalue weighted by Crippen LogP contribution is 2.43. The number of benzene rings is 1. The van der Waals surface area contributed by atoms with E-state index in [-0.39, 0.29) is 0 Å². The largest absolute Gasteiger partial charge is 0.497 e. The predicted molar refractivity (Wildman–Crippen MR) is 67.0 cm³/mol. The molecule has 0 heterocycles. The van der Waals surface area contributed by atoms with E-state index in [9.17, 15) is 0 Å². The standard InChI is InChI=1S/C12H14BrClO/c1-15-9-4-5-10(12(14)7-9)11(13)6-8-2-3-8/h4-5,7-8,11H,2-3,6H2,1H3. The number of hydrogen-bond donors (Lipinski definition) is 0. The number of halogens is 2. The van der Waals surface area contributed by atoms with Crippen LogP contribution < -0.4 is 4.74 Å². The second kappa shape index (κ2) is 4.75. The number of ether oxygens (including phenoxy) is 1. The van der Waals surface area contributed by atoms with Gasteiger partial charge in [0.05, 0.1) is 7.11 Å². The Balaban J connectivity index is 2.11. The van der Waals surface area contributed by atoms with Crippen LogP contribution in [0.2, 0.25) is 5.02 Å². The van der Waals surface area contributed by atoms with Crippen molar-refractivity contribution in [3.8, 4) is 5.75 Å². The molecule has 1 aromatic carbocycles. The molecule has 0 spiro atoms. The van der Waals surface area contributed by atoms with Crippen molar-refractivity contribution in [3.05, 3.63) is 28.8 Å². The molecule has 1 unspecified atom stereocenters. The van der Waals surface area contributed by atoms with Gasteiger partial charge < -0.3 is 4.74 Å². The second-order valence-electron chi connectivity index (χ2n) is 4.03. The van der Waals surface area contributed by atoms with Crippen LogP contribution in [0, 0.1) is 5.92 Å². The minimum atomic E-state index is 0.378. The zero-order valence-electron chi connectivity index (χ0n) is 8.67. The average molecular weight is 290 g/mol. The Morgan fingerprint density at radius 3 is 2.80 bits per heavy atom. The first-order valence-corrected chi connectivity index (χ1v) is 6.47. The van der Waals surface area contributed by atoms with Gasteiger partial charge in [-0.15, -0.1) is 0 Å². The lowest BCUT2D eigenvalue weighted by atomic mass is 10.1. The molecular formula is C12H14BrClO. The highest BCUT2D eigenvalue weighted by Gasteiger charge is 2.25. The maximum atomic E-state index is 6.20. The molecule has 0 aromatic heterocycles. The maximum Gasteiger partial charge on any atom is 0.120 e. The van der Waals surface area contributed by atoms with Crippen molar-refractivity contribution in [1.82, 2.24) is 0 Å². The van der Waals surface area contributed by atoms with Crippen LogP contribution in [0.5, 0.6) is 5.75 Å². The van der Waals surface area contributed by atoms with E-state index in [1.807, 2.05) is 18.2 Å². The molecule has 0 N–H and O–H groups in total. The number of hydrogen-bond acceptors (Lipinski definition) is 1. The molecule has 2 rings (SSSR count). The third-order valence-corrected chi connectivity index (χ3v) is 3.98. The Morgan fingerprint density at radius 1 is 1.53 bits per heavy atom. The highest BCUT2D eigenvalue weighted by molar-refractivity contribution is 9.09. The van der Waals surface area contributed by atoms with Crippen LogP contribution in [0.4, 0.5) is 0 Å². The van der Waals surface area contributed by atoms with Gasteiger partial charge in [0, 0.05) is 9.85 Å². The summed E-state index contributed by atoms with van der Waals surface area (Å²) in [4.78, 5) is 0.378. The third-order valence-electron chi connectivity index (χ3n) is 2.78. The van der Waals surface area contributed by atoms with Crippen molar-refractivity contribution in [2.24, 2.45) is 5.92 Å². The molecule has 1 aromatic rings. The molecule has 0 bridgehead atoms. The van der Waals surface area contributed by atoms with Gasteiger partial charge >= 0.3 is 0 Å². The molecular weight excluding hydrogens is 275 g/mol. The molecule has 0 saturated heterocycles. The van der Waals surface area contributed by atoms with Crippen LogP contribution in [0.3, 0.4) is 0 Å². The molecule has 0 amide bonds. The molecule has 1 fully saturated rings. The summed E-state index contributed by atoms with van der Waals surface area (Å²) in [5, 5.41) is 0.789. The highest BCUT2D eigenvalue weighted by atomic mass is 79.9. The van der Waals surface area contributed by atoms with Crippen molar-refractivity contribution in [3.63, 3.8) is 0 Å². The van der Waals surface area contributed by atoms with Gasteiger partial charge in [-0.05, 0) is 30.0 Å². The molecule has 1 saturated carbocycles. The van der Waals surface area contributed by atoms with E-state index in [1.54, 1.807) is 7.11 Å². The first-order valence-electron chi connectivity index (χ1n) is 5.18. The molecule has 1 aliphatic rings. The Morgan fingerprint density at radius 2 is 2.27 bits per heavy atom. The Kier molecular flexibility index (Phi) is 3.57. The van der Waals surface area contributed by atoms with E-state index in [0.717, 1.165) is 16.7 Å². The van der Waals surface area contributed by atoms with Gasteiger partial charge in [0.15, 0.2) is 0 Å². The summed E-state index contributed by atoms with van der Waals surface area (Å²) in [5.41, 5.74) is 1.17. The van der Waals surface area contributed by atoms with Crippen molar-refractivity contribution >= 4 is 27.5 Å². The SMILES string of the molecule is COc1ccc(C(Br)CC2CC2)c(Cl)c1. The van der Waals surface area contributed by atoms with E-state index in [0.29, 0.717) is 4.83 Å². The van der Waals surface area contributed by atoms with Crippen LogP contribution >= 0.6 is 27.5 Å². The molecule has 1 nitrogen and oxygen atoms in total. The van der Waals surface area contributed by atoms with Gasteiger partial charge in [-0.1, -0.05) is 46.4 Å². The fraction of sp³-hybridized carbons (Fsp3) is 0.500. The van der Waals surface area contributed by atoms with Crippen LogP contribution in [0.1, 0.15) is 29.7 Å². The van der Waals surface area contributed by atoms with E-state index >= 15 is 0 Å². The van der Waals surface area contributed by atoms with Crippen LogP contribution in [-0.4, -0.2) is 7.11 Å². The number of methoxy groups -OCH3 is 1. The summed E-state index contributed by atoms with van der Waals surface area (Å²) < 4.78 is 5.12. The minimum Gasteiger partial charge on any atom is -0.497 e. The Labute approximate surface area is 104 Å². The first kappa shape index (κ1) is 11.3. The van der Waals surface area contributed by atoms with Gasteiger partial charge in [0.25, 0.3) is 0 Å². The van der Waals surface area contributed by atoms with E-state index in [4.69, 9.17) is 16.3 Å². The van der Waals surface area contributed by atoms with E-state index in [2.05, 4.69) is 15.9 Å². The fourth-order valence-corrected chi connectivity index (χ4v) is 3.02. The van der Waals surface area contributed by atoms with Crippen LogP contribution in [-0.2, 0) is 0 Å². The van der Waals surface area contributed by atoms with E-state index in [1.165, 1.54) is 24.8 Å². The monoisotopic (exact) mass is 288 g/mol. The molecule has 15 heavy (non-hydrogen) atoms. The lowest BCUT2D eigenvalue weighted by Gasteiger charge is -2.12. The van der Waals surface area contributed by atoms with Gasteiger partial charge in [-0.3, -0.25) is 0 Å². The maximum absolute atomic E-state index is 6.20. The normalized spacial score (nSPS) is 17.5. The van der Waals surface area contributed by atoms with Gasteiger partial charge in [-0.2, -0.15) is 0 Å². The van der Waals surface area contributed by atoms with Crippen molar-refractivity contribution < 1.29 is 4.74 Å². The molecule has 0 aliphatic heterocycles. The Hall–Kier alpha value is -0.210. The Bertz CT molecular complexity index is 349. The predicted octanol–water partition coefficient (Wildman–Crippen LogP) is 4.58. The second-order valence-corrected chi connectivity index (χ2v) is 5.55. The quantitative estimate of drug-likeness (QED) is 0.737. The topological polar surface area (TPSA) is 9.23 Å². The molecule has 0 radical (unpaired) electrons. The van der Waals surface area contributed by atoms with Crippen LogP contribution in [0.15, 0.2) is 18.2 Å². The number of rotatable bonds is 4. The lowest BCUT2D eigenvalue weighted by Crippen LogP contribution is -1.93. The van der Waals surface area contributed by atoms with Crippen molar-refractivity contribution in [2.75, 3.05) is 7.11 Å². The summed E-state index contributed by atoms with van der Waals surface area (Å²) >= 11 is 9.90. The summed E-state index contributed by atoms with van der Waals surface area (Å²) in [7, 11) is 1.65. The van der Waals surface area contributed by atoms with Gasteiger partial charge in [0.1, 0.15) is 5.75 Å². The molecule has 1 aliphatic carbocycles. The summed E-state index contributed by atoms with van der Waals surface area (Å²) in [6.07, 6.45) is 3.93. The zero-order chi connectivity index (χ0) is 10.8. The minimum absolute atomic E-state index is 0.378. The zero-order valence-corrected chi connectivity index (χ0v) is 11.0. The molecule has 1 atom stereocenters. The smallest absolute Gasteiger partial charge is 0.120 e. The molecule has 82 valence electrons. The summed E-state index contributed by atoms with van der Waals surface area (Å²) in [6, 6.07) is 5.88. The summed E-state index contributed by atoms with van der Waals surface area (Å²) in [5.74, 6) is 1.71. The van der Waals surface area contributed by atoms with Crippen LogP contribution in [0.25, 0.3) is 0 Å². The average Bonchev–Trinajstić information content (AvgIpc) is 3.01. The third kappa shape index (κ3) is 2.88. The van der Waals surface area contributed by atoms with Crippen molar-refractivity contribution in [2.45, 2.75) is 24.1 Å².